The largest absolute Gasteiger partial charge is 0.474 e. The molecule has 3 fully saturated rings. The number of rotatable bonds is 8. The molecule has 1 aliphatic carbocycles. The Labute approximate surface area is 198 Å². The molecule has 2 aliphatic heterocycles. The highest BCUT2D eigenvalue weighted by Gasteiger charge is 2.49. The summed E-state index contributed by atoms with van der Waals surface area (Å²) in [4.78, 5) is 14.5. The molecule has 3 aliphatic rings. The second kappa shape index (κ2) is 8.54. The normalized spacial score (nSPS) is 25.7. The summed E-state index contributed by atoms with van der Waals surface area (Å²) in [6.45, 7) is 2.15. The van der Waals surface area contributed by atoms with Gasteiger partial charge in [-0.3, -0.25) is 4.84 Å². The van der Waals surface area contributed by atoms with Gasteiger partial charge in [-0.05, 0) is 50.8 Å². The van der Waals surface area contributed by atoms with Gasteiger partial charge in [-0.25, -0.2) is 22.8 Å². The van der Waals surface area contributed by atoms with Crippen LogP contribution in [0.5, 0.6) is 5.88 Å². The standard InChI is InChI=1S/C23H28FN5O4S/c1-23(7-8-23)33-29-14-3-4-15(29)10-16(9-14)32-22-18(12-25)21(26-13-27-22)28-20-6-5-17(11-19(20)24)34(2,30)31/h5-6,11-16,25H,3-4,7-10H2,1-2H3,(H,26,27,28)/t14-,15?,16?/m0/s1. The van der Waals surface area contributed by atoms with Crippen molar-refractivity contribution in [2.75, 3.05) is 11.6 Å². The number of halogens is 1. The van der Waals surface area contributed by atoms with Crippen molar-refractivity contribution in [3.8, 4) is 5.88 Å². The van der Waals surface area contributed by atoms with Gasteiger partial charge in [0, 0.05) is 37.4 Å². The van der Waals surface area contributed by atoms with Crippen LogP contribution in [0, 0.1) is 11.2 Å². The Morgan fingerprint density at radius 1 is 1.24 bits per heavy atom. The van der Waals surface area contributed by atoms with Gasteiger partial charge < -0.3 is 15.5 Å². The molecule has 9 nitrogen and oxygen atoms in total. The van der Waals surface area contributed by atoms with E-state index in [1.165, 1.54) is 18.5 Å². The summed E-state index contributed by atoms with van der Waals surface area (Å²) in [6, 6.07) is 4.19. The number of hydrogen-bond acceptors (Lipinski definition) is 9. The molecule has 0 amide bonds. The van der Waals surface area contributed by atoms with Crippen LogP contribution in [0.25, 0.3) is 0 Å². The highest BCUT2D eigenvalue weighted by atomic mass is 32.2. The summed E-state index contributed by atoms with van der Waals surface area (Å²) >= 11 is 0. The van der Waals surface area contributed by atoms with E-state index >= 15 is 0 Å². The van der Waals surface area contributed by atoms with Crippen LogP contribution in [0.3, 0.4) is 0 Å². The second-order valence-electron chi connectivity index (χ2n) is 9.62. The zero-order chi connectivity index (χ0) is 24.1. The van der Waals surface area contributed by atoms with Crippen LogP contribution in [0.15, 0.2) is 29.4 Å². The third-order valence-corrected chi connectivity index (χ3v) is 7.90. The average molecular weight is 490 g/mol. The second-order valence-corrected chi connectivity index (χ2v) is 11.6. The Kier molecular flexibility index (Phi) is 5.81. The molecule has 1 aromatic heterocycles. The molecule has 2 bridgehead atoms. The first-order valence-electron chi connectivity index (χ1n) is 11.4. The molecular formula is C23H28FN5O4S. The van der Waals surface area contributed by atoms with Gasteiger partial charge in [0.25, 0.3) is 0 Å². The van der Waals surface area contributed by atoms with Crippen molar-refractivity contribution in [2.45, 2.75) is 74.1 Å². The quantitative estimate of drug-likeness (QED) is 0.540. The van der Waals surface area contributed by atoms with Crippen molar-refractivity contribution in [1.82, 2.24) is 15.0 Å². The smallest absolute Gasteiger partial charge is 0.227 e. The summed E-state index contributed by atoms with van der Waals surface area (Å²) in [7, 11) is -3.53. The third-order valence-electron chi connectivity index (χ3n) is 6.79. The Bertz CT molecular complexity index is 1210. The number of piperidine rings is 1. The predicted molar refractivity (Wildman–Crippen MR) is 124 cm³/mol. The number of nitrogens with zero attached hydrogens (tertiary/aromatic N) is 3. The lowest BCUT2D eigenvalue weighted by atomic mass is 10.0. The Morgan fingerprint density at radius 3 is 2.53 bits per heavy atom. The Hall–Kier alpha value is -2.63. The van der Waals surface area contributed by atoms with E-state index in [1.807, 2.05) is 0 Å². The number of sulfone groups is 1. The molecule has 2 aromatic rings. The minimum absolute atomic E-state index is 0.0100. The topological polar surface area (TPSA) is 118 Å². The number of anilines is 2. The molecule has 1 aromatic carbocycles. The molecule has 3 atom stereocenters. The van der Waals surface area contributed by atoms with Crippen LogP contribution in [-0.4, -0.2) is 59.7 Å². The van der Waals surface area contributed by atoms with Crippen molar-refractivity contribution >= 4 is 27.6 Å². The molecule has 3 heterocycles. The molecule has 2 unspecified atom stereocenters. The minimum Gasteiger partial charge on any atom is -0.474 e. The number of hydroxylamine groups is 2. The lowest BCUT2D eigenvalue weighted by Gasteiger charge is -2.39. The highest BCUT2D eigenvalue weighted by Crippen LogP contribution is 2.45. The number of nitrogens with one attached hydrogen (secondary N) is 2. The van der Waals surface area contributed by atoms with Crippen LogP contribution >= 0.6 is 0 Å². The van der Waals surface area contributed by atoms with Gasteiger partial charge in [-0.2, -0.15) is 5.06 Å². The number of benzene rings is 1. The van der Waals surface area contributed by atoms with E-state index < -0.39 is 15.7 Å². The van der Waals surface area contributed by atoms with Crippen LogP contribution < -0.4 is 10.1 Å². The fourth-order valence-electron chi connectivity index (χ4n) is 4.67. The summed E-state index contributed by atoms with van der Waals surface area (Å²) in [6.07, 6.45) is 9.25. The summed E-state index contributed by atoms with van der Waals surface area (Å²) in [5.41, 5.74) is 0.326. The van der Waals surface area contributed by atoms with E-state index in [0.717, 1.165) is 57.1 Å². The monoisotopic (exact) mass is 489 g/mol. The zero-order valence-corrected chi connectivity index (χ0v) is 19.9. The van der Waals surface area contributed by atoms with E-state index in [1.54, 1.807) is 0 Å². The predicted octanol–water partition coefficient (Wildman–Crippen LogP) is 3.62. The average Bonchev–Trinajstić information content (AvgIpc) is 3.46. The molecule has 1 saturated carbocycles. The maximum Gasteiger partial charge on any atom is 0.227 e. The molecule has 182 valence electrons. The zero-order valence-electron chi connectivity index (χ0n) is 19.1. The maximum absolute atomic E-state index is 14.6. The molecular weight excluding hydrogens is 461 g/mol. The lowest BCUT2D eigenvalue weighted by molar-refractivity contribution is -0.251. The molecule has 0 spiro atoms. The van der Waals surface area contributed by atoms with Crippen molar-refractivity contribution in [3.05, 3.63) is 35.9 Å². The molecule has 0 radical (unpaired) electrons. The van der Waals surface area contributed by atoms with Gasteiger partial charge in [-0.1, -0.05) is 0 Å². The van der Waals surface area contributed by atoms with Crippen LogP contribution in [0.2, 0.25) is 0 Å². The summed E-state index contributed by atoms with van der Waals surface area (Å²) in [5, 5.41) is 12.9. The molecule has 34 heavy (non-hydrogen) atoms. The summed E-state index contributed by atoms with van der Waals surface area (Å²) < 4.78 is 44.1. The van der Waals surface area contributed by atoms with Crippen molar-refractivity contribution in [3.63, 3.8) is 0 Å². The van der Waals surface area contributed by atoms with Gasteiger partial charge in [0.2, 0.25) is 5.88 Å². The van der Waals surface area contributed by atoms with E-state index in [-0.39, 0.29) is 34.0 Å². The van der Waals surface area contributed by atoms with Gasteiger partial charge >= 0.3 is 0 Å². The van der Waals surface area contributed by atoms with Crippen LogP contribution in [0.4, 0.5) is 15.9 Å². The van der Waals surface area contributed by atoms with Crippen molar-refractivity contribution in [1.29, 1.82) is 5.41 Å². The third kappa shape index (κ3) is 4.64. The van der Waals surface area contributed by atoms with Crippen molar-refractivity contribution < 1.29 is 22.4 Å². The van der Waals surface area contributed by atoms with Gasteiger partial charge in [0.1, 0.15) is 24.1 Å². The number of aromatic nitrogens is 2. The SMILES string of the molecule is CC1(ON2C3CC[C@H]2CC(Oc2ncnc(Nc4ccc(S(C)(=O)=O)cc4F)c2C=N)C3)CC1. The minimum atomic E-state index is -3.53. The molecule has 11 heteroatoms. The highest BCUT2D eigenvalue weighted by molar-refractivity contribution is 7.90. The Balaban J connectivity index is 1.31. The van der Waals surface area contributed by atoms with Crippen LogP contribution in [0.1, 0.15) is 51.0 Å². The number of fused-ring (bicyclic) bond motifs is 2. The number of hydrogen-bond donors (Lipinski definition) is 2. The van der Waals surface area contributed by atoms with Gasteiger partial charge in [0.15, 0.2) is 9.84 Å². The van der Waals surface area contributed by atoms with Crippen molar-refractivity contribution in [2.24, 2.45) is 0 Å². The number of ether oxygens (including phenoxy) is 1. The molecule has 5 rings (SSSR count). The van der Waals surface area contributed by atoms with Gasteiger partial charge in [-0.15, -0.1) is 0 Å². The van der Waals surface area contributed by atoms with E-state index in [2.05, 4.69) is 27.3 Å². The van der Waals surface area contributed by atoms with E-state index in [4.69, 9.17) is 15.0 Å². The molecule has 2 saturated heterocycles. The summed E-state index contributed by atoms with van der Waals surface area (Å²) in [5.74, 6) is -0.279. The van der Waals surface area contributed by atoms with Gasteiger partial charge in [0.05, 0.1) is 21.7 Å². The molecule has 2 N–H and O–H groups in total. The first kappa shape index (κ1) is 23.1. The lowest BCUT2D eigenvalue weighted by Crippen LogP contribution is -2.48. The van der Waals surface area contributed by atoms with E-state index in [0.29, 0.717) is 17.6 Å². The first-order chi connectivity index (χ1) is 16.1. The van der Waals surface area contributed by atoms with Crippen LogP contribution in [-0.2, 0) is 14.7 Å². The maximum atomic E-state index is 14.6. The Morgan fingerprint density at radius 2 is 1.94 bits per heavy atom. The van der Waals surface area contributed by atoms with E-state index in [9.17, 15) is 12.8 Å². The fraction of sp³-hybridized carbons (Fsp3) is 0.522. The first-order valence-corrected chi connectivity index (χ1v) is 13.3. The fourth-order valence-corrected chi connectivity index (χ4v) is 5.30.